The first-order valence-electron chi connectivity index (χ1n) is 8.65. The zero-order valence-electron chi connectivity index (χ0n) is 19.2. The largest absolute Gasteiger partial charge is 0.299 e. The summed E-state index contributed by atoms with van der Waals surface area (Å²) in [4.78, 5) is 10.5. The van der Waals surface area contributed by atoms with Crippen molar-refractivity contribution in [3.8, 4) is 0 Å². The average Bonchev–Trinajstić information content (AvgIpc) is 2.10. The van der Waals surface area contributed by atoms with E-state index < -0.39 is 0 Å². The van der Waals surface area contributed by atoms with Gasteiger partial charge < -0.3 is 0 Å². The highest BCUT2D eigenvalue weighted by molar-refractivity contribution is 5.80. The van der Waals surface area contributed by atoms with Crippen LogP contribution in [0.4, 0.5) is 0 Å². The lowest BCUT2D eigenvalue weighted by molar-refractivity contribution is -0.124. The van der Waals surface area contributed by atoms with E-state index in [9.17, 15) is 4.79 Å². The van der Waals surface area contributed by atoms with Gasteiger partial charge in [0.1, 0.15) is 5.78 Å². The normalized spacial score (nSPS) is 11.6. The number of ketones is 1. The van der Waals surface area contributed by atoms with E-state index in [1.165, 1.54) is 0 Å². The SMILES string of the molecule is C=CC(C)(C)C.CC(=O)C(C)(C)C.CC(C)(C)C.CC(C)(C)C. The maximum atomic E-state index is 10.5. The quantitative estimate of drug-likeness (QED) is 0.412. The fourth-order valence-corrected chi connectivity index (χ4v) is 0. The van der Waals surface area contributed by atoms with Crippen molar-refractivity contribution >= 4 is 5.78 Å². The van der Waals surface area contributed by atoms with Gasteiger partial charge in [0.25, 0.3) is 0 Å². The summed E-state index contributed by atoms with van der Waals surface area (Å²) in [6.45, 7) is 34.9. The highest BCUT2D eigenvalue weighted by atomic mass is 16.1. The van der Waals surface area contributed by atoms with E-state index in [-0.39, 0.29) is 11.2 Å². The van der Waals surface area contributed by atoms with E-state index in [2.05, 4.69) is 82.7 Å². The Hall–Kier alpha value is -0.590. The van der Waals surface area contributed by atoms with Crippen LogP contribution in [-0.2, 0) is 4.79 Å². The lowest BCUT2D eigenvalue weighted by atomic mass is 9.92. The van der Waals surface area contributed by atoms with Gasteiger partial charge in [-0.2, -0.15) is 0 Å². The molecule has 0 radical (unpaired) electrons. The molecule has 0 aromatic heterocycles. The summed E-state index contributed by atoms with van der Waals surface area (Å²) in [6.07, 6.45) is 1.94. The lowest BCUT2D eigenvalue weighted by Gasteiger charge is -2.11. The zero-order chi connectivity index (χ0) is 20.3. The number of allylic oxidation sites excluding steroid dienone is 1. The Bertz CT molecular complexity index is 271. The number of carbonyl (C=O) groups is 1. The second-order valence-electron chi connectivity index (χ2n) is 11.4. The van der Waals surface area contributed by atoms with Gasteiger partial charge in [-0.3, -0.25) is 4.79 Å². The summed E-state index contributed by atoms with van der Waals surface area (Å²) in [6, 6.07) is 0. The molecule has 0 aromatic rings. The molecule has 0 fully saturated rings. The fourth-order valence-electron chi connectivity index (χ4n) is 0. The molecule has 1 heteroatoms. The molecule has 0 N–H and O–H groups in total. The summed E-state index contributed by atoms with van der Waals surface area (Å²) in [5, 5.41) is 0. The first kappa shape index (κ1) is 30.3. The Morgan fingerprint density at radius 1 is 0.652 bits per heavy atom. The molecule has 23 heavy (non-hydrogen) atoms. The third-order valence-electron chi connectivity index (χ3n) is 1.67. The van der Waals surface area contributed by atoms with E-state index in [1.807, 2.05) is 26.8 Å². The van der Waals surface area contributed by atoms with Gasteiger partial charge >= 0.3 is 0 Å². The Labute approximate surface area is 149 Å². The van der Waals surface area contributed by atoms with E-state index >= 15 is 0 Å². The third kappa shape index (κ3) is 114. The molecule has 0 aliphatic heterocycles. The Morgan fingerprint density at radius 3 is 0.739 bits per heavy atom. The maximum Gasteiger partial charge on any atom is 0.135 e. The standard InChI is InChI=1S/C6H12O.C6H12.2C5H12/c1-5(7)6(2,3)4;1-5-6(2,3)4;2*1-5(2,3)4/h1-4H3;5H,1H2,2-4H3;2*1-4H3. The summed E-state index contributed by atoms with van der Waals surface area (Å²) in [5.74, 6) is 0.243. The van der Waals surface area contributed by atoms with Crippen molar-refractivity contribution < 1.29 is 4.79 Å². The smallest absolute Gasteiger partial charge is 0.135 e. The highest BCUT2D eigenvalue weighted by Gasteiger charge is 2.14. The minimum Gasteiger partial charge on any atom is -0.299 e. The van der Waals surface area contributed by atoms with Gasteiger partial charge in [-0.05, 0) is 23.2 Å². The van der Waals surface area contributed by atoms with Crippen molar-refractivity contribution in [2.45, 2.75) is 104 Å². The van der Waals surface area contributed by atoms with Gasteiger partial charge in [0.05, 0.1) is 0 Å². The molecule has 0 aliphatic rings. The summed E-state index contributed by atoms with van der Waals surface area (Å²) in [7, 11) is 0. The molecule has 142 valence electrons. The molecule has 0 aliphatic carbocycles. The molecule has 0 atom stereocenters. The highest BCUT2D eigenvalue weighted by Crippen LogP contribution is 2.13. The Kier molecular flexibility index (Phi) is 15.6. The Morgan fingerprint density at radius 2 is 0.739 bits per heavy atom. The monoisotopic (exact) mass is 328 g/mol. The van der Waals surface area contributed by atoms with Crippen molar-refractivity contribution in [1.29, 1.82) is 0 Å². The van der Waals surface area contributed by atoms with Crippen LogP contribution < -0.4 is 0 Å². The molecular weight excluding hydrogens is 280 g/mol. The number of rotatable bonds is 0. The van der Waals surface area contributed by atoms with E-state index in [0.717, 1.165) is 0 Å². The number of Topliss-reactive ketones (excluding diaryl/α,β-unsaturated/α-hetero) is 1. The predicted molar refractivity (Wildman–Crippen MR) is 110 cm³/mol. The van der Waals surface area contributed by atoms with Crippen LogP contribution in [0.3, 0.4) is 0 Å². The number of hydrogen-bond acceptors (Lipinski definition) is 1. The van der Waals surface area contributed by atoms with Gasteiger partial charge in [0, 0.05) is 5.41 Å². The topological polar surface area (TPSA) is 17.1 Å². The van der Waals surface area contributed by atoms with E-state index in [4.69, 9.17) is 0 Å². The molecule has 0 amide bonds. The number of carbonyl (C=O) groups excluding carboxylic acids is 1. The van der Waals surface area contributed by atoms with Crippen LogP contribution in [-0.4, -0.2) is 5.78 Å². The summed E-state index contributed by atoms with van der Waals surface area (Å²) < 4.78 is 0. The van der Waals surface area contributed by atoms with E-state index in [0.29, 0.717) is 16.2 Å². The van der Waals surface area contributed by atoms with Crippen LogP contribution in [0.15, 0.2) is 12.7 Å². The van der Waals surface area contributed by atoms with Crippen LogP contribution in [0.25, 0.3) is 0 Å². The second kappa shape index (κ2) is 11.9. The lowest BCUT2D eigenvalue weighted by Crippen LogP contribution is -2.15. The predicted octanol–water partition coefficient (Wildman–Crippen LogP) is 7.94. The van der Waals surface area contributed by atoms with E-state index in [1.54, 1.807) is 6.92 Å². The first-order valence-corrected chi connectivity index (χ1v) is 8.65. The molecule has 0 unspecified atom stereocenters. The average molecular weight is 329 g/mol. The van der Waals surface area contributed by atoms with Crippen molar-refractivity contribution in [3.05, 3.63) is 12.7 Å². The zero-order valence-corrected chi connectivity index (χ0v) is 19.2. The van der Waals surface area contributed by atoms with Crippen LogP contribution in [0.5, 0.6) is 0 Å². The van der Waals surface area contributed by atoms with Gasteiger partial charge in [-0.15, -0.1) is 6.58 Å². The Balaban J connectivity index is -0.000000106. The van der Waals surface area contributed by atoms with Crippen molar-refractivity contribution in [3.63, 3.8) is 0 Å². The molecule has 0 saturated heterocycles. The van der Waals surface area contributed by atoms with Gasteiger partial charge in [0.2, 0.25) is 0 Å². The van der Waals surface area contributed by atoms with Gasteiger partial charge in [-0.1, -0.05) is 103 Å². The molecule has 0 saturated carbocycles. The molecule has 1 nitrogen and oxygen atoms in total. The van der Waals surface area contributed by atoms with Gasteiger partial charge in [-0.25, -0.2) is 0 Å². The molecule has 0 spiro atoms. The van der Waals surface area contributed by atoms with Crippen LogP contribution in [0.1, 0.15) is 104 Å². The first-order chi connectivity index (χ1) is 9.50. The molecular formula is C22H48O. The maximum absolute atomic E-state index is 10.5. The molecule has 0 bridgehead atoms. The van der Waals surface area contributed by atoms with Crippen LogP contribution in [0.2, 0.25) is 0 Å². The van der Waals surface area contributed by atoms with Gasteiger partial charge in [0.15, 0.2) is 0 Å². The third-order valence-corrected chi connectivity index (χ3v) is 1.67. The molecule has 0 heterocycles. The molecule has 0 rings (SSSR count). The second-order valence-corrected chi connectivity index (χ2v) is 11.4. The summed E-state index contributed by atoms with van der Waals surface area (Å²) in [5.41, 5.74) is 1.17. The van der Waals surface area contributed by atoms with Crippen molar-refractivity contribution in [1.82, 2.24) is 0 Å². The number of hydrogen-bond donors (Lipinski definition) is 0. The van der Waals surface area contributed by atoms with Crippen LogP contribution >= 0.6 is 0 Å². The fraction of sp³-hybridized carbons (Fsp3) is 0.864. The minimum absolute atomic E-state index is 0.139. The summed E-state index contributed by atoms with van der Waals surface area (Å²) >= 11 is 0. The van der Waals surface area contributed by atoms with Crippen molar-refractivity contribution in [2.24, 2.45) is 21.7 Å². The van der Waals surface area contributed by atoms with Crippen LogP contribution in [0, 0.1) is 21.7 Å². The van der Waals surface area contributed by atoms with Crippen molar-refractivity contribution in [2.75, 3.05) is 0 Å². The molecule has 0 aromatic carbocycles. The minimum atomic E-state index is -0.139.